The number of hydrogen-bond acceptors (Lipinski definition) is 6. The van der Waals surface area contributed by atoms with E-state index in [2.05, 4.69) is 45.3 Å². The molecule has 0 saturated carbocycles. The molecule has 2 aromatic heterocycles. The fourth-order valence-electron chi connectivity index (χ4n) is 1.58. The molecule has 0 aromatic carbocycles. The van der Waals surface area contributed by atoms with Crippen LogP contribution in [0.5, 0.6) is 0 Å². The molecule has 18 heavy (non-hydrogen) atoms. The van der Waals surface area contributed by atoms with Crippen molar-refractivity contribution >= 4 is 17.4 Å². The van der Waals surface area contributed by atoms with Crippen molar-refractivity contribution in [1.29, 1.82) is 0 Å². The molecular weight excluding hydrogens is 248 g/mol. The van der Waals surface area contributed by atoms with Crippen molar-refractivity contribution in [3.63, 3.8) is 0 Å². The summed E-state index contributed by atoms with van der Waals surface area (Å²) in [5, 5.41) is 16.4. The van der Waals surface area contributed by atoms with Gasteiger partial charge in [0.1, 0.15) is 0 Å². The molecular formula is C12H18N4OS. The molecule has 2 rings (SSSR count). The van der Waals surface area contributed by atoms with Crippen molar-refractivity contribution in [1.82, 2.24) is 15.5 Å². The van der Waals surface area contributed by atoms with E-state index in [0.717, 1.165) is 6.42 Å². The summed E-state index contributed by atoms with van der Waals surface area (Å²) in [5.41, 5.74) is 0. The van der Waals surface area contributed by atoms with Gasteiger partial charge >= 0.3 is 6.01 Å². The van der Waals surface area contributed by atoms with Gasteiger partial charge in [-0.3, -0.25) is 0 Å². The average molecular weight is 266 g/mol. The number of nitrogens with one attached hydrogen (secondary N) is 2. The summed E-state index contributed by atoms with van der Waals surface area (Å²) in [6.07, 6.45) is 0.955. The van der Waals surface area contributed by atoms with Crippen LogP contribution in [-0.2, 0) is 6.42 Å². The quantitative estimate of drug-likeness (QED) is 0.841. The summed E-state index contributed by atoms with van der Waals surface area (Å²) in [6, 6.07) is 5.01. The Morgan fingerprint density at radius 3 is 2.89 bits per heavy atom. The third-order valence-corrected chi connectivity index (χ3v) is 3.60. The zero-order valence-electron chi connectivity index (χ0n) is 10.8. The van der Waals surface area contributed by atoms with Gasteiger partial charge in [-0.1, -0.05) is 11.2 Å². The third-order valence-electron chi connectivity index (χ3n) is 2.70. The molecule has 0 aliphatic rings. The van der Waals surface area contributed by atoms with Crippen molar-refractivity contribution in [2.24, 2.45) is 0 Å². The van der Waals surface area contributed by atoms with Crippen LogP contribution in [0.3, 0.4) is 0 Å². The number of thiophene rings is 1. The van der Waals surface area contributed by atoms with Gasteiger partial charge in [-0.15, -0.1) is 16.4 Å². The van der Waals surface area contributed by atoms with Crippen LogP contribution in [0.25, 0.3) is 0 Å². The first-order valence-electron chi connectivity index (χ1n) is 5.98. The van der Waals surface area contributed by atoms with Crippen molar-refractivity contribution in [3.05, 3.63) is 28.3 Å². The highest BCUT2D eigenvalue weighted by atomic mass is 32.1. The maximum absolute atomic E-state index is 5.53. The van der Waals surface area contributed by atoms with Crippen LogP contribution in [0, 0.1) is 0 Å². The summed E-state index contributed by atoms with van der Waals surface area (Å²) in [5.74, 6) is 0.600. The van der Waals surface area contributed by atoms with Crippen LogP contribution in [0.4, 0.5) is 6.01 Å². The lowest BCUT2D eigenvalue weighted by Crippen LogP contribution is -2.17. The van der Waals surface area contributed by atoms with E-state index in [4.69, 9.17) is 4.42 Å². The molecule has 2 atom stereocenters. The fourth-order valence-corrected chi connectivity index (χ4v) is 2.42. The Bertz CT molecular complexity index is 468. The van der Waals surface area contributed by atoms with Crippen LogP contribution < -0.4 is 10.6 Å². The van der Waals surface area contributed by atoms with Gasteiger partial charge in [-0.05, 0) is 32.3 Å². The molecule has 0 amide bonds. The molecule has 0 bridgehead atoms. The van der Waals surface area contributed by atoms with Crippen molar-refractivity contribution in [2.45, 2.75) is 32.4 Å². The first-order chi connectivity index (χ1) is 8.69. The van der Waals surface area contributed by atoms with E-state index in [0.29, 0.717) is 11.9 Å². The summed E-state index contributed by atoms with van der Waals surface area (Å²) in [7, 11) is 1.86. The van der Waals surface area contributed by atoms with E-state index in [1.165, 1.54) is 4.88 Å². The summed E-state index contributed by atoms with van der Waals surface area (Å²) in [6.45, 7) is 4.08. The lowest BCUT2D eigenvalue weighted by Gasteiger charge is -2.10. The van der Waals surface area contributed by atoms with Gasteiger partial charge < -0.3 is 15.1 Å². The monoisotopic (exact) mass is 266 g/mol. The van der Waals surface area contributed by atoms with Crippen LogP contribution in [0.1, 0.15) is 30.7 Å². The largest absolute Gasteiger partial charge is 0.406 e. The lowest BCUT2D eigenvalue weighted by atomic mass is 10.2. The number of hydrogen-bond donors (Lipinski definition) is 2. The van der Waals surface area contributed by atoms with Gasteiger partial charge in [0.25, 0.3) is 0 Å². The molecule has 0 aliphatic heterocycles. The summed E-state index contributed by atoms with van der Waals surface area (Å²) >= 11 is 1.76. The first kappa shape index (κ1) is 13.0. The number of anilines is 1. The van der Waals surface area contributed by atoms with E-state index in [1.54, 1.807) is 11.3 Å². The number of aromatic nitrogens is 2. The topological polar surface area (TPSA) is 63.0 Å². The minimum absolute atomic E-state index is 0.0700. The standard InChI is InChI=1S/C12H18N4OS/c1-8(7-10-5-4-6-18-10)14-12-16-15-11(17-12)9(2)13-3/h4-6,8-9,13H,7H2,1-3H3,(H,14,16). The second-order valence-corrected chi connectivity index (χ2v) is 5.32. The van der Waals surface area contributed by atoms with Gasteiger partial charge in [-0.25, -0.2) is 0 Å². The van der Waals surface area contributed by atoms with E-state index in [9.17, 15) is 0 Å². The molecule has 2 N–H and O–H groups in total. The van der Waals surface area contributed by atoms with Gasteiger partial charge in [0.2, 0.25) is 5.89 Å². The number of rotatable bonds is 6. The van der Waals surface area contributed by atoms with Crippen molar-refractivity contribution in [3.8, 4) is 0 Å². The van der Waals surface area contributed by atoms with Crippen LogP contribution in [0.15, 0.2) is 21.9 Å². The molecule has 0 saturated heterocycles. The Hall–Kier alpha value is -1.40. The highest BCUT2D eigenvalue weighted by molar-refractivity contribution is 7.09. The molecule has 98 valence electrons. The van der Waals surface area contributed by atoms with Crippen molar-refractivity contribution in [2.75, 3.05) is 12.4 Å². The molecule has 0 radical (unpaired) electrons. The fraction of sp³-hybridized carbons (Fsp3) is 0.500. The van der Waals surface area contributed by atoms with E-state index in [1.807, 2.05) is 14.0 Å². The zero-order chi connectivity index (χ0) is 13.0. The SMILES string of the molecule is CNC(C)c1nnc(NC(C)Cc2cccs2)o1. The maximum Gasteiger partial charge on any atom is 0.315 e. The second-order valence-electron chi connectivity index (χ2n) is 4.28. The smallest absolute Gasteiger partial charge is 0.315 e. The Labute approximate surface area is 111 Å². The molecule has 0 spiro atoms. The number of nitrogens with zero attached hydrogens (tertiary/aromatic N) is 2. The highest BCUT2D eigenvalue weighted by Gasteiger charge is 2.13. The Balaban J connectivity index is 1.90. The highest BCUT2D eigenvalue weighted by Crippen LogP contribution is 2.16. The normalized spacial score (nSPS) is 14.4. The van der Waals surface area contributed by atoms with E-state index >= 15 is 0 Å². The molecule has 2 unspecified atom stereocenters. The van der Waals surface area contributed by atoms with Gasteiger partial charge in [0.05, 0.1) is 6.04 Å². The predicted molar refractivity (Wildman–Crippen MR) is 72.9 cm³/mol. The third kappa shape index (κ3) is 3.30. The first-order valence-corrected chi connectivity index (χ1v) is 6.86. The van der Waals surface area contributed by atoms with E-state index < -0.39 is 0 Å². The molecule has 5 nitrogen and oxygen atoms in total. The summed E-state index contributed by atoms with van der Waals surface area (Å²) < 4.78 is 5.53. The molecule has 0 fully saturated rings. The summed E-state index contributed by atoms with van der Waals surface area (Å²) in [4.78, 5) is 1.35. The molecule has 6 heteroatoms. The van der Waals surface area contributed by atoms with Crippen LogP contribution in [0.2, 0.25) is 0 Å². The predicted octanol–water partition coefficient (Wildman–Crippen LogP) is 2.45. The average Bonchev–Trinajstić information content (AvgIpc) is 2.99. The second kappa shape index (κ2) is 5.97. The van der Waals surface area contributed by atoms with Gasteiger partial charge in [0.15, 0.2) is 0 Å². The molecule has 0 aliphatic carbocycles. The Kier molecular flexibility index (Phi) is 4.33. The van der Waals surface area contributed by atoms with Crippen LogP contribution in [-0.4, -0.2) is 23.3 Å². The van der Waals surface area contributed by atoms with E-state index in [-0.39, 0.29) is 12.1 Å². The minimum atomic E-state index is 0.0700. The Morgan fingerprint density at radius 2 is 2.22 bits per heavy atom. The zero-order valence-corrected chi connectivity index (χ0v) is 11.6. The van der Waals surface area contributed by atoms with Gasteiger partial charge in [0, 0.05) is 17.3 Å². The minimum Gasteiger partial charge on any atom is -0.406 e. The van der Waals surface area contributed by atoms with Crippen LogP contribution >= 0.6 is 11.3 Å². The maximum atomic E-state index is 5.53. The lowest BCUT2D eigenvalue weighted by molar-refractivity contribution is 0.439. The molecule has 2 aromatic rings. The Morgan fingerprint density at radius 1 is 1.39 bits per heavy atom. The van der Waals surface area contributed by atoms with Crippen molar-refractivity contribution < 1.29 is 4.42 Å². The van der Waals surface area contributed by atoms with Gasteiger partial charge in [-0.2, -0.15) is 0 Å². The molecule has 2 heterocycles.